The second kappa shape index (κ2) is 6.24. The van der Waals surface area contributed by atoms with Gasteiger partial charge in [0.15, 0.2) is 5.75 Å². The average molecular weight is 322 g/mol. The Hall–Kier alpha value is -2.01. The standard InChI is InChI=1S/C14H12BrNO3/c15-11-7-4-8-12(13(11)17)16-14(18)19-9-10-5-2-1-3-6-10/h1-8,17H,9H2,(H,16,18). The number of anilines is 1. The molecule has 0 spiro atoms. The Balaban J connectivity index is 1.93. The lowest BCUT2D eigenvalue weighted by Crippen LogP contribution is -2.13. The number of aromatic hydroxyl groups is 1. The number of carbonyl (C=O) groups is 1. The van der Waals surface area contributed by atoms with Crippen molar-refractivity contribution in [1.82, 2.24) is 0 Å². The largest absolute Gasteiger partial charge is 0.505 e. The predicted molar refractivity (Wildman–Crippen MR) is 76.1 cm³/mol. The summed E-state index contributed by atoms with van der Waals surface area (Å²) in [6.07, 6.45) is -0.614. The van der Waals surface area contributed by atoms with Crippen LogP contribution in [0.25, 0.3) is 0 Å². The van der Waals surface area contributed by atoms with Crippen LogP contribution in [0.15, 0.2) is 53.0 Å². The smallest absolute Gasteiger partial charge is 0.412 e. The van der Waals surface area contributed by atoms with E-state index in [0.29, 0.717) is 10.2 Å². The van der Waals surface area contributed by atoms with Gasteiger partial charge in [0.05, 0.1) is 10.2 Å². The lowest BCUT2D eigenvalue weighted by Gasteiger charge is -2.09. The molecule has 0 heterocycles. The van der Waals surface area contributed by atoms with Crippen molar-refractivity contribution in [2.75, 3.05) is 5.32 Å². The number of hydrogen-bond donors (Lipinski definition) is 2. The van der Waals surface area contributed by atoms with E-state index < -0.39 is 6.09 Å². The van der Waals surface area contributed by atoms with Gasteiger partial charge in [0, 0.05) is 0 Å². The molecule has 0 aliphatic heterocycles. The summed E-state index contributed by atoms with van der Waals surface area (Å²) in [7, 11) is 0. The first-order valence-electron chi connectivity index (χ1n) is 5.62. The van der Waals surface area contributed by atoms with Gasteiger partial charge in [-0.15, -0.1) is 0 Å². The van der Waals surface area contributed by atoms with Crippen LogP contribution in [0.2, 0.25) is 0 Å². The summed E-state index contributed by atoms with van der Waals surface area (Å²) in [5.74, 6) is -0.0286. The van der Waals surface area contributed by atoms with Gasteiger partial charge in [-0.25, -0.2) is 4.79 Å². The molecule has 19 heavy (non-hydrogen) atoms. The number of para-hydroxylation sites is 1. The molecule has 0 unspecified atom stereocenters. The summed E-state index contributed by atoms with van der Waals surface area (Å²) < 4.78 is 5.56. The first kappa shape index (κ1) is 13.4. The maximum atomic E-state index is 11.6. The van der Waals surface area contributed by atoms with Crippen molar-refractivity contribution in [3.8, 4) is 5.75 Å². The van der Waals surface area contributed by atoms with Gasteiger partial charge < -0.3 is 9.84 Å². The molecular formula is C14H12BrNO3. The monoisotopic (exact) mass is 321 g/mol. The van der Waals surface area contributed by atoms with Crippen LogP contribution in [0.3, 0.4) is 0 Å². The lowest BCUT2D eigenvalue weighted by atomic mass is 10.2. The molecule has 1 amide bonds. The van der Waals surface area contributed by atoms with Gasteiger partial charge in [-0.05, 0) is 33.6 Å². The topological polar surface area (TPSA) is 58.6 Å². The molecule has 98 valence electrons. The average Bonchev–Trinajstić information content (AvgIpc) is 2.43. The fourth-order valence-corrected chi connectivity index (χ4v) is 1.85. The number of phenolic OH excluding ortho intramolecular Hbond substituents is 1. The Kier molecular flexibility index (Phi) is 4.41. The Morgan fingerprint density at radius 1 is 1.16 bits per heavy atom. The predicted octanol–water partition coefficient (Wildman–Crippen LogP) is 3.90. The van der Waals surface area contributed by atoms with E-state index in [9.17, 15) is 9.90 Å². The van der Waals surface area contributed by atoms with Crippen molar-refractivity contribution < 1.29 is 14.6 Å². The van der Waals surface area contributed by atoms with E-state index in [4.69, 9.17) is 4.74 Å². The summed E-state index contributed by atoms with van der Waals surface area (Å²) in [6.45, 7) is 0.182. The first-order valence-corrected chi connectivity index (χ1v) is 6.41. The Morgan fingerprint density at radius 2 is 1.89 bits per heavy atom. The third-order valence-corrected chi connectivity index (χ3v) is 3.08. The molecule has 2 N–H and O–H groups in total. The second-order valence-electron chi connectivity index (χ2n) is 3.82. The van der Waals surface area contributed by atoms with Gasteiger partial charge in [0.1, 0.15) is 6.61 Å². The molecule has 0 atom stereocenters. The van der Waals surface area contributed by atoms with Crippen molar-refractivity contribution in [2.24, 2.45) is 0 Å². The quantitative estimate of drug-likeness (QED) is 0.843. The maximum absolute atomic E-state index is 11.6. The Morgan fingerprint density at radius 3 is 2.63 bits per heavy atom. The van der Waals surface area contributed by atoms with Crippen molar-refractivity contribution in [3.63, 3.8) is 0 Å². The summed E-state index contributed by atoms with van der Waals surface area (Å²) in [6, 6.07) is 14.3. The van der Waals surface area contributed by atoms with E-state index in [1.807, 2.05) is 30.3 Å². The lowest BCUT2D eigenvalue weighted by molar-refractivity contribution is 0.155. The minimum Gasteiger partial charge on any atom is -0.505 e. The number of carbonyl (C=O) groups excluding carboxylic acids is 1. The molecular weight excluding hydrogens is 310 g/mol. The first-order chi connectivity index (χ1) is 9.16. The van der Waals surface area contributed by atoms with Gasteiger partial charge in [-0.1, -0.05) is 36.4 Å². The minimum absolute atomic E-state index is 0.0286. The Labute approximate surface area is 119 Å². The van der Waals surface area contributed by atoms with Gasteiger partial charge in [0.2, 0.25) is 0 Å². The van der Waals surface area contributed by atoms with Gasteiger partial charge in [-0.3, -0.25) is 5.32 Å². The van der Waals surface area contributed by atoms with Crippen molar-refractivity contribution in [1.29, 1.82) is 0 Å². The second-order valence-corrected chi connectivity index (χ2v) is 4.68. The summed E-state index contributed by atoms with van der Waals surface area (Å²) in [5, 5.41) is 12.2. The number of nitrogens with one attached hydrogen (secondary N) is 1. The third kappa shape index (κ3) is 3.72. The van der Waals surface area contributed by atoms with Crippen LogP contribution in [-0.2, 0) is 11.3 Å². The van der Waals surface area contributed by atoms with Crippen molar-refractivity contribution >= 4 is 27.7 Å². The van der Waals surface area contributed by atoms with Crippen LogP contribution in [-0.4, -0.2) is 11.2 Å². The molecule has 0 aromatic heterocycles. The number of halogens is 1. The van der Waals surface area contributed by atoms with Crippen LogP contribution in [0.4, 0.5) is 10.5 Å². The van der Waals surface area contributed by atoms with Gasteiger partial charge in [0.25, 0.3) is 0 Å². The highest BCUT2D eigenvalue weighted by Crippen LogP contribution is 2.31. The van der Waals surface area contributed by atoms with E-state index in [0.717, 1.165) is 5.56 Å². The van der Waals surface area contributed by atoms with Crippen LogP contribution < -0.4 is 5.32 Å². The van der Waals surface area contributed by atoms with Gasteiger partial charge in [-0.2, -0.15) is 0 Å². The van der Waals surface area contributed by atoms with Crippen LogP contribution >= 0.6 is 15.9 Å². The summed E-state index contributed by atoms with van der Waals surface area (Å²) in [4.78, 5) is 11.6. The summed E-state index contributed by atoms with van der Waals surface area (Å²) in [5.41, 5.74) is 1.20. The SMILES string of the molecule is O=C(Nc1cccc(Br)c1O)OCc1ccccc1. The molecule has 0 saturated heterocycles. The molecule has 4 nitrogen and oxygen atoms in total. The van der Waals surface area contributed by atoms with E-state index in [-0.39, 0.29) is 12.4 Å². The zero-order chi connectivity index (χ0) is 13.7. The molecule has 0 aliphatic rings. The van der Waals surface area contributed by atoms with Crippen molar-refractivity contribution in [3.05, 3.63) is 58.6 Å². The number of rotatable bonds is 3. The zero-order valence-corrected chi connectivity index (χ0v) is 11.6. The molecule has 0 bridgehead atoms. The molecule has 2 aromatic carbocycles. The van der Waals surface area contributed by atoms with E-state index in [1.54, 1.807) is 18.2 Å². The number of hydrogen-bond acceptors (Lipinski definition) is 3. The number of phenols is 1. The highest BCUT2D eigenvalue weighted by molar-refractivity contribution is 9.10. The highest BCUT2D eigenvalue weighted by atomic mass is 79.9. The van der Waals surface area contributed by atoms with E-state index in [1.165, 1.54) is 0 Å². The third-order valence-electron chi connectivity index (χ3n) is 2.44. The normalized spacial score (nSPS) is 9.95. The molecule has 2 rings (SSSR count). The molecule has 0 aliphatic carbocycles. The Bertz CT molecular complexity index is 572. The van der Waals surface area contributed by atoms with Crippen LogP contribution in [0.5, 0.6) is 5.75 Å². The molecule has 0 radical (unpaired) electrons. The highest BCUT2D eigenvalue weighted by Gasteiger charge is 2.09. The van der Waals surface area contributed by atoms with Crippen LogP contribution in [0.1, 0.15) is 5.56 Å². The number of ether oxygens (including phenoxy) is 1. The number of amides is 1. The fourth-order valence-electron chi connectivity index (χ4n) is 1.49. The molecule has 2 aromatic rings. The minimum atomic E-state index is -0.614. The van der Waals surface area contributed by atoms with Gasteiger partial charge >= 0.3 is 6.09 Å². The van der Waals surface area contributed by atoms with E-state index in [2.05, 4.69) is 21.2 Å². The molecule has 0 saturated carbocycles. The summed E-state index contributed by atoms with van der Waals surface area (Å²) >= 11 is 3.17. The molecule has 0 fully saturated rings. The maximum Gasteiger partial charge on any atom is 0.412 e. The van der Waals surface area contributed by atoms with Crippen LogP contribution in [0, 0.1) is 0 Å². The molecule has 5 heteroatoms. The number of benzene rings is 2. The van der Waals surface area contributed by atoms with E-state index >= 15 is 0 Å². The van der Waals surface area contributed by atoms with Crippen molar-refractivity contribution in [2.45, 2.75) is 6.61 Å². The zero-order valence-electron chi connectivity index (χ0n) is 9.97. The fraction of sp³-hybridized carbons (Fsp3) is 0.0714.